The van der Waals surface area contributed by atoms with Gasteiger partial charge in [-0.25, -0.2) is 4.39 Å². The highest BCUT2D eigenvalue weighted by Crippen LogP contribution is 2.51. The normalized spacial score (nSPS) is 31.8. The van der Waals surface area contributed by atoms with Gasteiger partial charge in [0.25, 0.3) is 0 Å². The van der Waals surface area contributed by atoms with Crippen molar-refractivity contribution in [3.05, 3.63) is 29.6 Å². The molecule has 1 fully saturated rings. The molecule has 2 atom stereocenters. The van der Waals surface area contributed by atoms with Crippen LogP contribution in [0.3, 0.4) is 0 Å². The van der Waals surface area contributed by atoms with E-state index in [1.807, 2.05) is 0 Å². The summed E-state index contributed by atoms with van der Waals surface area (Å²) in [5.74, 6) is 1.17. The maximum atomic E-state index is 13.2. The second-order valence-corrected chi connectivity index (χ2v) is 5.29. The van der Waals surface area contributed by atoms with Crippen molar-refractivity contribution in [3.8, 4) is 5.75 Å². The van der Waals surface area contributed by atoms with Gasteiger partial charge in [0.2, 0.25) is 0 Å². The fraction of sp³-hybridized carbons (Fsp3) is 0.571. The van der Waals surface area contributed by atoms with Crippen molar-refractivity contribution >= 4 is 0 Å². The van der Waals surface area contributed by atoms with E-state index in [0.717, 1.165) is 24.2 Å². The predicted octanol–water partition coefficient (Wildman–Crippen LogP) is 3.17. The van der Waals surface area contributed by atoms with Gasteiger partial charge in [0.05, 0.1) is 0 Å². The average molecular weight is 235 g/mol. The lowest BCUT2D eigenvalue weighted by Crippen LogP contribution is -2.44. The van der Waals surface area contributed by atoms with E-state index in [1.165, 1.54) is 25.0 Å². The zero-order valence-corrected chi connectivity index (χ0v) is 10.1. The van der Waals surface area contributed by atoms with Gasteiger partial charge in [0, 0.05) is 18.0 Å². The summed E-state index contributed by atoms with van der Waals surface area (Å²) in [6.07, 6.45) is 4.25. The first-order chi connectivity index (χ1) is 8.14. The minimum absolute atomic E-state index is 0.102. The fourth-order valence-electron chi connectivity index (χ4n) is 3.01. The number of rotatable bonds is 2. The van der Waals surface area contributed by atoms with Crippen molar-refractivity contribution in [2.24, 2.45) is 11.7 Å². The smallest absolute Gasteiger partial charge is 0.125 e. The van der Waals surface area contributed by atoms with E-state index >= 15 is 0 Å². The van der Waals surface area contributed by atoms with Gasteiger partial charge in [-0.2, -0.15) is 0 Å². The van der Waals surface area contributed by atoms with Gasteiger partial charge in [0.1, 0.15) is 17.2 Å². The molecule has 92 valence electrons. The van der Waals surface area contributed by atoms with Gasteiger partial charge in [-0.15, -0.1) is 0 Å². The third-order valence-electron chi connectivity index (χ3n) is 4.17. The summed E-state index contributed by atoms with van der Waals surface area (Å²) in [7, 11) is 0. The molecule has 17 heavy (non-hydrogen) atoms. The average Bonchev–Trinajstić information content (AvgIpc) is 3.14. The SMILES string of the molecule is CCC1(C2CC2)C[C@@H](N)c2cc(F)ccc2O1. The highest BCUT2D eigenvalue weighted by atomic mass is 19.1. The van der Waals surface area contributed by atoms with Crippen LogP contribution in [-0.2, 0) is 0 Å². The Labute approximate surface area is 101 Å². The highest BCUT2D eigenvalue weighted by Gasteiger charge is 2.49. The number of hydrogen-bond acceptors (Lipinski definition) is 2. The molecule has 2 aliphatic rings. The number of hydrogen-bond donors (Lipinski definition) is 1. The highest BCUT2D eigenvalue weighted by molar-refractivity contribution is 5.39. The van der Waals surface area contributed by atoms with E-state index < -0.39 is 0 Å². The zero-order chi connectivity index (χ0) is 12.0. The maximum absolute atomic E-state index is 13.2. The summed E-state index contributed by atoms with van der Waals surface area (Å²) in [5.41, 5.74) is 6.89. The summed E-state index contributed by atoms with van der Waals surface area (Å²) >= 11 is 0. The zero-order valence-electron chi connectivity index (χ0n) is 10.1. The second-order valence-electron chi connectivity index (χ2n) is 5.29. The molecule has 1 saturated carbocycles. The Kier molecular flexibility index (Phi) is 2.40. The maximum Gasteiger partial charge on any atom is 0.125 e. The van der Waals surface area contributed by atoms with Crippen LogP contribution in [0.1, 0.15) is 44.2 Å². The Hall–Kier alpha value is -1.09. The second kappa shape index (κ2) is 3.70. The van der Waals surface area contributed by atoms with Crippen LogP contribution in [-0.4, -0.2) is 5.60 Å². The molecule has 0 radical (unpaired) electrons. The molecule has 1 aliphatic heterocycles. The predicted molar refractivity (Wildman–Crippen MR) is 64.3 cm³/mol. The molecule has 2 nitrogen and oxygen atoms in total. The number of halogens is 1. The Morgan fingerprint density at radius 3 is 2.88 bits per heavy atom. The monoisotopic (exact) mass is 235 g/mol. The quantitative estimate of drug-likeness (QED) is 0.854. The largest absolute Gasteiger partial charge is 0.487 e. The minimum atomic E-state index is -0.238. The summed E-state index contributed by atoms with van der Waals surface area (Å²) in [4.78, 5) is 0. The molecule has 0 bridgehead atoms. The van der Waals surface area contributed by atoms with Gasteiger partial charge in [-0.05, 0) is 43.4 Å². The van der Waals surface area contributed by atoms with E-state index in [9.17, 15) is 4.39 Å². The van der Waals surface area contributed by atoms with Crippen LogP contribution in [0.25, 0.3) is 0 Å². The first kappa shape index (κ1) is 11.0. The van der Waals surface area contributed by atoms with Crippen LogP contribution in [0, 0.1) is 11.7 Å². The summed E-state index contributed by atoms with van der Waals surface area (Å²) in [5, 5.41) is 0. The molecule has 0 aromatic heterocycles. The van der Waals surface area contributed by atoms with Crippen LogP contribution in [0.2, 0.25) is 0 Å². The number of nitrogens with two attached hydrogens (primary N) is 1. The summed E-state index contributed by atoms with van der Waals surface area (Å²) in [6.45, 7) is 2.15. The fourth-order valence-corrected chi connectivity index (χ4v) is 3.01. The minimum Gasteiger partial charge on any atom is -0.487 e. The molecule has 1 unspecified atom stereocenters. The summed E-state index contributed by atoms with van der Waals surface area (Å²) < 4.78 is 19.4. The summed E-state index contributed by atoms with van der Waals surface area (Å²) in [6, 6.07) is 4.57. The van der Waals surface area contributed by atoms with E-state index in [2.05, 4.69) is 6.92 Å². The third kappa shape index (κ3) is 1.73. The van der Waals surface area contributed by atoms with Crippen molar-refractivity contribution < 1.29 is 9.13 Å². The van der Waals surface area contributed by atoms with E-state index in [0.29, 0.717) is 5.92 Å². The first-order valence-electron chi connectivity index (χ1n) is 6.38. The standard InChI is InChI=1S/C14H18FNO/c1-2-14(9-3-4-9)8-12(16)11-7-10(15)5-6-13(11)17-14/h5-7,9,12H,2-4,8,16H2,1H3/t12-,14?/m1/s1. The first-order valence-corrected chi connectivity index (χ1v) is 6.38. The number of ether oxygens (including phenoxy) is 1. The van der Waals surface area contributed by atoms with Gasteiger partial charge >= 0.3 is 0 Å². The number of benzene rings is 1. The molecule has 2 N–H and O–H groups in total. The molecule has 1 heterocycles. The molecule has 0 spiro atoms. The van der Waals surface area contributed by atoms with E-state index in [-0.39, 0.29) is 17.5 Å². The Morgan fingerprint density at radius 1 is 1.47 bits per heavy atom. The van der Waals surface area contributed by atoms with Crippen molar-refractivity contribution in [1.29, 1.82) is 0 Å². The number of fused-ring (bicyclic) bond motifs is 1. The van der Waals surface area contributed by atoms with Gasteiger partial charge in [-0.3, -0.25) is 0 Å². The lowest BCUT2D eigenvalue weighted by Gasteiger charge is -2.41. The lowest BCUT2D eigenvalue weighted by atomic mass is 9.82. The molecule has 1 aromatic carbocycles. The van der Waals surface area contributed by atoms with Crippen molar-refractivity contribution in [1.82, 2.24) is 0 Å². The van der Waals surface area contributed by atoms with Crippen LogP contribution in [0.5, 0.6) is 5.75 Å². The molecule has 1 aliphatic carbocycles. The van der Waals surface area contributed by atoms with Crippen molar-refractivity contribution in [2.75, 3.05) is 0 Å². The molecule has 3 heteroatoms. The Balaban J connectivity index is 1.99. The van der Waals surface area contributed by atoms with Gasteiger partial charge < -0.3 is 10.5 Å². The van der Waals surface area contributed by atoms with E-state index in [1.54, 1.807) is 6.07 Å². The molecular formula is C14H18FNO. The third-order valence-corrected chi connectivity index (χ3v) is 4.17. The van der Waals surface area contributed by atoms with Crippen LogP contribution in [0.15, 0.2) is 18.2 Å². The molecule has 0 amide bonds. The topological polar surface area (TPSA) is 35.2 Å². The molecular weight excluding hydrogens is 217 g/mol. The van der Waals surface area contributed by atoms with Crippen LogP contribution >= 0.6 is 0 Å². The van der Waals surface area contributed by atoms with Gasteiger partial charge in [0.15, 0.2) is 0 Å². The van der Waals surface area contributed by atoms with Gasteiger partial charge in [-0.1, -0.05) is 6.92 Å². The molecule has 1 aromatic rings. The Morgan fingerprint density at radius 2 is 2.24 bits per heavy atom. The van der Waals surface area contributed by atoms with Crippen LogP contribution < -0.4 is 10.5 Å². The van der Waals surface area contributed by atoms with E-state index in [4.69, 9.17) is 10.5 Å². The lowest BCUT2D eigenvalue weighted by molar-refractivity contribution is 0.0105. The molecule has 0 saturated heterocycles. The Bertz CT molecular complexity index is 444. The molecule has 3 rings (SSSR count). The van der Waals surface area contributed by atoms with Crippen molar-refractivity contribution in [3.63, 3.8) is 0 Å². The van der Waals surface area contributed by atoms with Crippen molar-refractivity contribution in [2.45, 2.75) is 44.2 Å². The van der Waals surface area contributed by atoms with Crippen LogP contribution in [0.4, 0.5) is 4.39 Å².